The van der Waals surface area contributed by atoms with Crippen LogP contribution in [-0.2, 0) is 19.6 Å². The Bertz CT molecular complexity index is 1060. The average Bonchev–Trinajstić information content (AvgIpc) is 2.69. The van der Waals surface area contributed by atoms with Crippen molar-refractivity contribution in [2.75, 3.05) is 6.54 Å². The summed E-state index contributed by atoms with van der Waals surface area (Å²) in [6.45, 7) is 4.99. The molecule has 0 saturated carbocycles. The molecule has 0 unspecified atom stereocenters. The van der Waals surface area contributed by atoms with Gasteiger partial charge in [-0.1, -0.05) is 56.3 Å². The van der Waals surface area contributed by atoms with E-state index in [2.05, 4.69) is 0 Å². The number of nitrogens with zero attached hydrogens (tertiary/aromatic N) is 1. The fourth-order valence-corrected chi connectivity index (χ4v) is 4.62. The number of sulfonamides is 1. The molecule has 2 aromatic rings. The highest BCUT2D eigenvalue weighted by Crippen LogP contribution is 2.38. The lowest BCUT2D eigenvalue weighted by molar-refractivity contribution is -0.140. The van der Waals surface area contributed by atoms with Crippen LogP contribution in [0.4, 0.5) is 0 Å². The highest BCUT2D eigenvalue weighted by atomic mass is 32.2. The first-order valence-electron chi connectivity index (χ1n) is 8.96. The third-order valence-electron chi connectivity index (χ3n) is 4.38. The number of rotatable bonds is 5. The number of carbonyl (C=O) groups is 2. The Morgan fingerprint density at radius 2 is 1.61 bits per heavy atom. The summed E-state index contributed by atoms with van der Waals surface area (Å²) in [5.41, 5.74) is 0.366. The van der Waals surface area contributed by atoms with E-state index < -0.39 is 27.7 Å². The number of carbonyl (C=O) groups excluding carboxylic acids is 2. The fraction of sp³-hybridized carbons (Fsp3) is 0.238. The van der Waals surface area contributed by atoms with Crippen molar-refractivity contribution in [1.82, 2.24) is 4.31 Å². The van der Waals surface area contributed by atoms with Gasteiger partial charge in [-0.25, -0.2) is 8.42 Å². The molecule has 2 aromatic carbocycles. The summed E-state index contributed by atoms with van der Waals surface area (Å²) in [7, 11) is -3.96. The topological polar surface area (TPSA) is 80.8 Å². The maximum atomic E-state index is 13.3. The number of hydrogen-bond donors (Lipinski definition) is 0. The number of likely N-dealkylation sites (N-methyl/N-ethyl adjacent to an activating group) is 1. The van der Waals surface area contributed by atoms with Crippen molar-refractivity contribution < 1.29 is 22.7 Å². The van der Waals surface area contributed by atoms with Crippen molar-refractivity contribution in [2.45, 2.75) is 25.7 Å². The molecule has 0 amide bonds. The maximum Gasteiger partial charge on any atom is 0.313 e. The lowest BCUT2D eigenvalue weighted by atomic mass is 10.0. The summed E-state index contributed by atoms with van der Waals surface area (Å²) in [4.78, 5) is 25.6. The molecular formula is C21H21NO5S. The van der Waals surface area contributed by atoms with Gasteiger partial charge in [0.1, 0.15) is 5.70 Å². The van der Waals surface area contributed by atoms with Crippen LogP contribution in [0.3, 0.4) is 0 Å². The van der Waals surface area contributed by atoms with E-state index in [1.54, 1.807) is 69.3 Å². The second-order valence-electron chi connectivity index (χ2n) is 6.61. The van der Waals surface area contributed by atoms with Crippen molar-refractivity contribution in [1.29, 1.82) is 0 Å². The Labute approximate surface area is 164 Å². The zero-order valence-corrected chi connectivity index (χ0v) is 16.7. The van der Waals surface area contributed by atoms with Crippen molar-refractivity contribution in [3.8, 4) is 0 Å². The molecular weight excluding hydrogens is 378 g/mol. The molecule has 0 aromatic heterocycles. The number of fused-ring (bicyclic) bond motifs is 1. The normalized spacial score (nSPS) is 15.4. The zero-order chi connectivity index (χ0) is 20.5. The van der Waals surface area contributed by atoms with Crippen molar-refractivity contribution in [3.63, 3.8) is 0 Å². The van der Waals surface area contributed by atoms with E-state index in [9.17, 15) is 18.0 Å². The molecule has 0 spiro atoms. The van der Waals surface area contributed by atoms with Crippen LogP contribution in [0.1, 0.15) is 36.7 Å². The molecule has 0 aliphatic carbocycles. The van der Waals surface area contributed by atoms with Gasteiger partial charge in [0.15, 0.2) is 5.76 Å². The van der Waals surface area contributed by atoms with E-state index in [1.807, 2.05) is 0 Å². The largest absolute Gasteiger partial charge is 0.423 e. The van der Waals surface area contributed by atoms with Crippen molar-refractivity contribution in [3.05, 3.63) is 71.4 Å². The number of allylic oxidation sites excluding steroid dienone is 1. The van der Waals surface area contributed by atoms with Crippen LogP contribution in [0.5, 0.6) is 0 Å². The number of ether oxygens (including phenoxy) is 1. The molecule has 0 bridgehead atoms. The number of esters is 1. The molecule has 3 rings (SSSR count). The van der Waals surface area contributed by atoms with Gasteiger partial charge in [0.05, 0.1) is 10.8 Å². The van der Waals surface area contributed by atoms with Gasteiger partial charge in [-0.2, -0.15) is 0 Å². The minimum absolute atomic E-state index is 0.00742. The Morgan fingerprint density at radius 1 is 1.00 bits per heavy atom. The molecule has 0 fully saturated rings. The van der Waals surface area contributed by atoms with Gasteiger partial charge in [-0.15, -0.1) is 0 Å². The zero-order valence-electron chi connectivity index (χ0n) is 15.9. The summed E-state index contributed by atoms with van der Waals surface area (Å²) in [5.74, 6) is -1.54. The average molecular weight is 399 g/mol. The first-order chi connectivity index (χ1) is 13.3. The van der Waals surface area contributed by atoms with E-state index in [0.29, 0.717) is 5.56 Å². The van der Waals surface area contributed by atoms with Gasteiger partial charge in [0.2, 0.25) is 5.78 Å². The summed E-state index contributed by atoms with van der Waals surface area (Å²) in [6, 6.07) is 14.6. The lowest BCUT2D eigenvalue weighted by Crippen LogP contribution is -2.38. The Morgan fingerprint density at radius 3 is 2.21 bits per heavy atom. The van der Waals surface area contributed by atoms with Gasteiger partial charge in [-0.05, 0) is 19.1 Å². The number of Topliss-reactive ketones (excluding diaryl/α,β-unsaturated/α-hetero) is 1. The molecule has 7 heteroatoms. The summed E-state index contributed by atoms with van der Waals surface area (Å²) in [6.07, 6.45) is 0. The van der Waals surface area contributed by atoms with Gasteiger partial charge in [0, 0.05) is 17.7 Å². The molecule has 0 saturated heterocycles. The molecule has 0 atom stereocenters. The molecule has 0 radical (unpaired) electrons. The number of benzene rings is 2. The predicted molar refractivity (Wildman–Crippen MR) is 105 cm³/mol. The van der Waals surface area contributed by atoms with Crippen LogP contribution >= 0.6 is 0 Å². The molecule has 6 nitrogen and oxygen atoms in total. The molecule has 1 aliphatic heterocycles. The minimum atomic E-state index is -3.96. The smallest absolute Gasteiger partial charge is 0.313 e. The molecule has 1 heterocycles. The van der Waals surface area contributed by atoms with E-state index in [0.717, 1.165) is 4.31 Å². The van der Waals surface area contributed by atoms with Crippen LogP contribution in [0.15, 0.2) is 65.2 Å². The third kappa shape index (κ3) is 3.33. The third-order valence-corrected chi connectivity index (χ3v) is 6.31. The monoisotopic (exact) mass is 399 g/mol. The van der Waals surface area contributed by atoms with Gasteiger partial charge in [-0.3, -0.25) is 13.9 Å². The minimum Gasteiger partial charge on any atom is -0.423 e. The van der Waals surface area contributed by atoms with E-state index in [4.69, 9.17) is 4.74 Å². The van der Waals surface area contributed by atoms with Gasteiger partial charge < -0.3 is 4.74 Å². The van der Waals surface area contributed by atoms with Crippen molar-refractivity contribution >= 4 is 27.5 Å². The summed E-state index contributed by atoms with van der Waals surface area (Å²) >= 11 is 0. The summed E-state index contributed by atoms with van der Waals surface area (Å²) in [5, 5.41) is 0. The van der Waals surface area contributed by atoms with Crippen LogP contribution in [0.25, 0.3) is 5.76 Å². The summed E-state index contributed by atoms with van der Waals surface area (Å²) < 4.78 is 32.9. The predicted octanol–water partition coefficient (Wildman–Crippen LogP) is 3.46. The van der Waals surface area contributed by atoms with Crippen LogP contribution < -0.4 is 0 Å². The number of ketones is 1. The van der Waals surface area contributed by atoms with E-state index in [1.165, 1.54) is 6.07 Å². The van der Waals surface area contributed by atoms with Crippen molar-refractivity contribution in [2.24, 2.45) is 5.92 Å². The lowest BCUT2D eigenvalue weighted by Gasteiger charge is -2.32. The SMILES string of the molecule is CCN1C(C(=O)c2ccccc2)=C(OC(=O)C(C)C)c2ccccc2S1(=O)=O. The maximum absolute atomic E-state index is 13.3. The number of hydrogen-bond acceptors (Lipinski definition) is 5. The Balaban J connectivity index is 2.32. The van der Waals surface area contributed by atoms with E-state index >= 15 is 0 Å². The first kappa shape index (κ1) is 19.8. The standard InChI is InChI=1S/C21H21NO5S/c1-4-22-18(19(23)15-10-6-5-7-11-15)20(27-21(24)14(2)3)16-12-8-9-13-17(16)28(22,25)26/h5-14H,4H2,1-3H3. The van der Waals surface area contributed by atoms with Crippen LogP contribution in [0.2, 0.25) is 0 Å². The molecule has 0 N–H and O–H groups in total. The van der Waals surface area contributed by atoms with Gasteiger partial charge >= 0.3 is 5.97 Å². The highest BCUT2D eigenvalue weighted by Gasteiger charge is 2.41. The second-order valence-corrected chi connectivity index (χ2v) is 8.45. The Hall–Kier alpha value is -2.93. The highest BCUT2D eigenvalue weighted by molar-refractivity contribution is 7.89. The van der Waals surface area contributed by atoms with Crippen LogP contribution in [0, 0.1) is 5.92 Å². The molecule has 1 aliphatic rings. The fourth-order valence-electron chi connectivity index (χ4n) is 2.95. The quantitative estimate of drug-likeness (QED) is 0.568. The Kier molecular flexibility index (Phi) is 5.38. The van der Waals surface area contributed by atoms with Gasteiger partial charge in [0.25, 0.3) is 10.0 Å². The first-order valence-corrected chi connectivity index (χ1v) is 10.4. The molecule has 146 valence electrons. The molecule has 28 heavy (non-hydrogen) atoms. The second kappa shape index (κ2) is 7.59. The van der Waals surface area contributed by atoms with E-state index in [-0.39, 0.29) is 28.5 Å². The van der Waals surface area contributed by atoms with Crippen LogP contribution in [-0.4, -0.2) is 31.0 Å².